The quantitative estimate of drug-likeness (QED) is 0.726. The van der Waals surface area contributed by atoms with Gasteiger partial charge in [0, 0.05) is 13.1 Å². The second-order valence-corrected chi connectivity index (χ2v) is 4.92. The van der Waals surface area contributed by atoms with E-state index in [1.165, 1.54) is 0 Å². The lowest BCUT2D eigenvalue weighted by molar-refractivity contribution is -0.144. The first-order valence-corrected chi connectivity index (χ1v) is 5.99. The molecule has 1 saturated carbocycles. The minimum atomic E-state index is -1.11. The van der Waals surface area contributed by atoms with Crippen LogP contribution in [0.25, 0.3) is 0 Å². The van der Waals surface area contributed by atoms with Crippen LogP contribution in [0.3, 0.4) is 0 Å². The molecule has 0 aromatic rings. The van der Waals surface area contributed by atoms with Gasteiger partial charge in [0.2, 0.25) is 0 Å². The van der Waals surface area contributed by atoms with E-state index in [9.17, 15) is 14.7 Å². The highest BCUT2D eigenvalue weighted by atomic mass is 16.4. The molecule has 5 nitrogen and oxygen atoms in total. The molecule has 1 aliphatic carbocycles. The van der Waals surface area contributed by atoms with Crippen molar-refractivity contribution in [3.05, 3.63) is 12.2 Å². The van der Waals surface area contributed by atoms with Crippen LogP contribution in [0, 0.1) is 5.92 Å². The average Bonchev–Trinajstić information content (AvgIpc) is 3.13. The summed E-state index contributed by atoms with van der Waals surface area (Å²) in [5, 5.41) is 11.9. The number of rotatable bonds is 3. The average molecular weight is 238 g/mol. The normalized spacial score (nSPS) is 23.0. The molecular weight excluding hydrogens is 220 g/mol. The molecule has 0 bridgehead atoms. The molecule has 0 aromatic carbocycles. The van der Waals surface area contributed by atoms with Crippen molar-refractivity contribution < 1.29 is 14.7 Å². The maximum absolute atomic E-state index is 12.0. The highest BCUT2D eigenvalue weighted by molar-refractivity contribution is 5.86. The monoisotopic (exact) mass is 238 g/mol. The van der Waals surface area contributed by atoms with Gasteiger partial charge in [-0.25, -0.2) is 9.59 Å². The third kappa shape index (κ3) is 2.43. The molecule has 1 heterocycles. The summed E-state index contributed by atoms with van der Waals surface area (Å²) in [6.45, 7) is 2.82. The minimum absolute atomic E-state index is 0.0734. The Morgan fingerprint density at radius 1 is 1.41 bits per heavy atom. The van der Waals surface area contributed by atoms with Gasteiger partial charge in [-0.3, -0.25) is 0 Å². The Balaban J connectivity index is 2.00. The van der Waals surface area contributed by atoms with E-state index in [0.717, 1.165) is 19.3 Å². The number of carbonyl (C=O) groups excluding carboxylic acids is 1. The topological polar surface area (TPSA) is 69.6 Å². The highest BCUT2D eigenvalue weighted by Crippen LogP contribution is 2.39. The SMILES string of the molecule is CC(NC(=O)N1CC=CCC1)(C(=O)O)C1CC1. The van der Waals surface area contributed by atoms with Gasteiger partial charge in [0.1, 0.15) is 5.54 Å². The number of hydrogen-bond donors (Lipinski definition) is 2. The van der Waals surface area contributed by atoms with Crippen molar-refractivity contribution in [3.8, 4) is 0 Å². The van der Waals surface area contributed by atoms with Crippen LogP contribution in [0.2, 0.25) is 0 Å². The number of nitrogens with one attached hydrogen (secondary N) is 1. The molecular formula is C12H18N2O3. The Labute approximate surface area is 100 Å². The summed E-state index contributed by atoms with van der Waals surface area (Å²) in [5.41, 5.74) is -1.11. The van der Waals surface area contributed by atoms with Gasteiger partial charge in [-0.15, -0.1) is 0 Å². The zero-order valence-electron chi connectivity index (χ0n) is 9.98. The summed E-state index contributed by atoms with van der Waals surface area (Å²) in [4.78, 5) is 24.9. The predicted molar refractivity (Wildman–Crippen MR) is 62.6 cm³/mol. The maximum atomic E-state index is 12.0. The number of aliphatic carboxylic acids is 1. The van der Waals surface area contributed by atoms with Crippen LogP contribution in [0.4, 0.5) is 4.79 Å². The van der Waals surface area contributed by atoms with Gasteiger partial charge in [-0.2, -0.15) is 0 Å². The Morgan fingerprint density at radius 2 is 2.12 bits per heavy atom. The zero-order valence-corrected chi connectivity index (χ0v) is 9.98. The van der Waals surface area contributed by atoms with E-state index in [2.05, 4.69) is 5.32 Å². The molecule has 1 aliphatic heterocycles. The summed E-state index contributed by atoms with van der Waals surface area (Å²) >= 11 is 0. The number of amides is 2. The van der Waals surface area contributed by atoms with Gasteiger partial charge in [0.25, 0.3) is 0 Å². The molecule has 2 aliphatic rings. The molecule has 0 spiro atoms. The Bertz CT molecular complexity index is 363. The number of carbonyl (C=O) groups is 2. The van der Waals surface area contributed by atoms with E-state index in [1.807, 2.05) is 12.2 Å². The lowest BCUT2D eigenvalue weighted by Crippen LogP contribution is -2.57. The standard InChI is InChI=1S/C12H18N2O3/c1-12(10(15)16,9-5-6-9)13-11(17)14-7-3-2-4-8-14/h2-3,9H,4-8H2,1H3,(H,13,17)(H,15,16). The Morgan fingerprint density at radius 3 is 2.59 bits per heavy atom. The van der Waals surface area contributed by atoms with Crippen molar-refractivity contribution in [2.75, 3.05) is 13.1 Å². The minimum Gasteiger partial charge on any atom is -0.480 e. The van der Waals surface area contributed by atoms with Crippen LogP contribution >= 0.6 is 0 Å². The summed E-state index contributed by atoms with van der Waals surface area (Å²) < 4.78 is 0. The van der Waals surface area contributed by atoms with Crippen LogP contribution in [0.1, 0.15) is 26.2 Å². The fraction of sp³-hybridized carbons (Fsp3) is 0.667. The molecule has 1 atom stereocenters. The van der Waals surface area contributed by atoms with Gasteiger partial charge in [-0.05, 0) is 32.1 Å². The molecule has 2 N–H and O–H groups in total. The first-order valence-electron chi connectivity index (χ1n) is 5.99. The van der Waals surface area contributed by atoms with Crippen molar-refractivity contribution in [3.63, 3.8) is 0 Å². The van der Waals surface area contributed by atoms with Crippen LogP contribution in [-0.4, -0.2) is 40.6 Å². The highest BCUT2D eigenvalue weighted by Gasteiger charge is 2.49. The van der Waals surface area contributed by atoms with E-state index in [0.29, 0.717) is 13.1 Å². The molecule has 0 aromatic heterocycles. The third-order valence-corrected chi connectivity index (χ3v) is 3.55. The lowest BCUT2D eigenvalue weighted by Gasteiger charge is -2.31. The molecule has 17 heavy (non-hydrogen) atoms. The lowest BCUT2D eigenvalue weighted by atomic mass is 9.96. The number of carboxylic acids is 1. The molecule has 0 radical (unpaired) electrons. The van der Waals surface area contributed by atoms with E-state index in [4.69, 9.17) is 0 Å². The van der Waals surface area contributed by atoms with Crippen LogP contribution in [0.15, 0.2) is 12.2 Å². The molecule has 94 valence electrons. The van der Waals surface area contributed by atoms with Gasteiger partial charge in [-0.1, -0.05) is 12.2 Å². The fourth-order valence-corrected chi connectivity index (χ4v) is 2.12. The van der Waals surface area contributed by atoms with Gasteiger partial charge in [0.15, 0.2) is 0 Å². The largest absolute Gasteiger partial charge is 0.480 e. The molecule has 0 saturated heterocycles. The van der Waals surface area contributed by atoms with Crippen molar-refractivity contribution in [2.24, 2.45) is 5.92 Å². The second kappa shape index (κ2) is 4.39. The number of nitrogens with zero attached hydrogens (tertiary/aromatic N) is 1. The zero-order chi connectivity index (χ0) is 12.5. The Kier molecular flexibility index (Phi) is 3.09. The third-order valence-electron chi connectivity index (χ3n) is 3.55. The van der Waals surface area contributed by atoms with Crippen LogP contribution < -0.4 is 5.32 Å². The summed E-state index contributed by atoms with van der Waals surface area (Å²) in [7, 11) is 0. The van der Waals surface area contributed by atoms with Crippen molar-refractivity contribution >= 4 is 12.0 Å². The van der Waals surface area contributed by atoms with Crippen molar-refractivity contribution in [1.29, 1.82) is 0 Å². The predicted octanol–water partition coefficient (Wildman–Crippen LogP) is 1.21. The second-order valence-electron chi connectivity index (χ2n) is 4.92. The molecule has 1 fully saturated rings. The molecule has 2 rings (SSSR count). The van der Waals surface area contributed by atoms with Crippen LogP contribution in [0.5, 0.6) is 0 Å². The molecule has 5 heteroatoms. The maximum Gasteiger partial charge on any atom is 0.329 e. The van der Waals surface area contributed by atoms with Gasteiger partial charge >= 0.3 is 12.0 Å². The summed E-state index contributed by atoms with van der Waals surface area (Å²) in [6, 6.07) is -0.272. The molecule has 2 amide bonds. The Hall–Kier alpha value is -1.52. The van der Waals surface area contributed by atoms with Gasteiger partial charge in [0.05, 0.1) is 0 Å². The summed E-state index contributed by atoms with van der Waals surface area (Å²) in [6.07, 6.45) is 6.55. The van der Waals surface area contributed by atoms with Gasteiger partial charge < -0.3 is 15.3 Å². The number of urea groups is 1. The number of carboxylic acid groups (broad SMARTS) is 1. The van der Waals surface area contributed by atoms with Crippen molar-refractivity contribution in [1.82, 2.24) is 10.2 Å². The van der Waals surface area contributed by atoms with Crippen molar-refractivity contribution in [2.45, 2.75) is 31.7 Å². The first-order chi connectivity index (χ1) is 8.04. The van der Waals surface area contributed by atoms with E-state index in [-0.39, 0.29) is 11.9 Å². The van der Waals surface area contributed by atoms with E-state index in [1.54, 1.807) is 11.8 Å². The first kappa shape index (κ1) is 12.0. The summed E-state index contributed by atoms with van der Waals surface area (Å²) in [5.74, 6) is -0.870. The van der Waals surface area contributed by atoms with E-state index >= 15 is 0 Å². The van der Waals surface area contributed by atoms with Crippen LogP contribution in [-0.2, 0) is 4.79 Å². The molecule has 1 unspecified atom stereocenters. The fourth-order valence-electron chi connectivity index (χ4n) is 2.12. The number of hydrogen-bond acceptors (Lipinski definition) is 2. The smallest absolute Gasteiger partial charge is 0.329 e. The van der Waals surface area contributed by atoms with E-state index < -0.39 is 11.5 Å².